The highest BCUT2D eigenvalue weighted by molar-refractivity contribution is 14.0. The number of para-hydroxylation sites is 2. The molecule has 4 rings (SSSR count). The summed E-state index contributed by atoms with van der Waals surface area (Å²) in [5, 5.41) is 4.72. The van der Waals surface area contributed by atoms with E-state index in [-0.39, 0.29) is 30.1 Å². The summed E-state index contributed by atoms with van der Waals surface area (Å²) in [7, 11) is 0. The number of ether oxygens (including phenoxy) is 1. The van der Waals surface area contributed by atoms with E-state index >= 15 is 0 Å². The summed E-state index contributed by atoms with van der Waals surface area (Å²) in [6.07, 6.45) is 3.22. The standard InChI is InChI=1S/C24H30N4O.HI/c1-2-25-24(26-15-12-20-18-19-8-6-7-11-23(19)27-20)28-16-13-22(14-17-28)29-21-9-4-3-5-10-21;/h3-11,18,22,27H,2,12-17H2,1H3,(H,25,26);1H. The minimum Gasteiger partial charge on any atom is -0.490 e. The van der Waals surface area contributed by atoms with Gasteiger partial charge in [0.1, 0.15) is 11.9 Å². The lowest BCUT2D eigenvalue weighted by Gasteiger charge is -2.34. The predicted octanol–water partition coefficient (Wildman–Crippen LogP) is 4.84. The van der Waals surface area contributed by atoms with Gasteiger partial charge >= 0.3 is 0 Å². The number of H-pyrrole nitrogens is 1. The number of hydrogen-bond acceptors (Lipinski definition) is 2. The number of likely N-dealkylation sites (tertiary alicyclic amines) is 1. The van der Waals surface area contributed by atoms with Crippen LogP contribution in [-0.2, 0) is 6.42 Å². The molecule has 1 saturated heterocycles. The van der Waals surface area contributed by atoms with Gasteiger partial charge in [0.15, 0.2) is 5.96 Å². The predicted molar refractivity (Wildman–Crippen MR) is 135 cm³/mol. The van der Waals surface area contributed by atoms with Crippen LogP contribution in [-0.4, -0.2) is 48.1 Å². The zero-order valence-corrected chi connectivity index (χ0v) is 19.8. The van der Waals surface area contributed by atoms with E-state index in [4.69, 9.17) is 9.73 Å². The molecule has 0 radical (unpaired) electrons. The van der Waals surface area contributed by atoms with E-state index in [1.165, 1.54) is 16.6 Å². The van der Waals surface area contributed by atoms with Gasteiger partial charge in [-0.05, 0) is 36.6 Å². The molecule has 2 heterocycles. The zero-order chi connectivity index (χ0) is 19.9. The Bertz CT molecular complexity index is 900. The number of halogens is 1. The van der Waals surface area contributed by atoms with Crippen molar-refractivity contribution in [3.8, 4) is 5.75 Å². The molecule has 1 aliphatic rings. The summed E-state index contributed by atoms with van der Waals surface area (Å²) >= 11 is 0. The van der Waals surface area contributed by atoms with Crippen molar-refractivity contribution in [1.29, 1.82) is 0 Å². The van der Waals surface area contributed by atoms with Gasteiger partial charge in [-0.1, -0.05) is 36.4 Å². The van der Waals surface area contributed by atoms with Gasteiger partial charge in [0, 0.05) is 56.7 Å². The third-order valence-corrected chi connectivity index (χ3v) is 5.35. The lowest BCUT2D eigenvalue weighted by atomic mass is 10.1. The number of aromatic amines is 1. The molecule has 0 aliphatic carbocycles. The number of piperidine rings is 1. The first-order chi connectivity index (χ1) is 14.3. The SMILES string of the molecule is CCNC(=NCCc1cc2ccccc2[nH]1)N1CCC(Oc2ccccc2)CC1.I. The highest BCUT2D eigenvalue weighted by atomic mass is 127. The van der Waals surface area contributed by atoms with Gasteiger partial charge < -0.3 is 19.9 Å². The fourth-order valence-corrected chi connectivity index (χ4v) is 3.85. The van der Waals surface area contributed by atoms with Gasteiger partial charge in [-0.15, -0.1) is 24.0 Å². The maximum Gasteiger partial charge on any atom is 0.193 e. The van der Waals surface area contributed by atoms with Crippen molar-refractivity contribution in [1.82, 2.24) is 15.2 Å². The van der Waals surface area contributed by atoms with E-state index in [9.17, 15) is 0 Å². The number of guanidine groups is 1. The molecule has 160 valence electrons. The van der Waals surface area contributed by atoms with Crippen molar-refractivity contribution in [2.24, 2.45) is 4.99 Å². The fraction of sp³-hybridized carbons (Fsp3) is 0.375. The average Bonchev–Trinajstić information content (AvgIpc) is 3.17. The summed E-state index contributed by atoms with van der Waals surface area (Å²) in [4.78, 5) is 10.7. The summed E-state index contributed by atoms with van der Waals surface area (Å²) in [6.45, 7) is 5.71. The number of aliphatic imine (C=N–C) groups is 1. The molecule has 5 nitrogen and oxygen atoms in total. The molecule has 1 fully saturated rings. The van der Waals surface area contributed by atoms with Crippen LogP contribution in [0.3, 0.4) is 0 Å². The highest BCUT2D eigenvalue weighted by Gasteiger charge is 2.22. The number of benzene rings is 2. The molecule has 0 bridgehead atoms. The molecule has 6 heteroatoms. The van der Waals surface area contributed by atoms with Gasteiger partial charge in [-0.25, -0.2) is 0 Å². The molecule has 0 amide bonds. The molecule has 1 aliphatic heterocycles. The second-order valence-electron chi connectivity index (χ2n) is 7.48. The third kappa shape index (κ3) is 5.90. The van der Waals surface area contributed by atoms with Crippen molar-refractivity contribution in [2.45, 2.75) is 32.3 Å². The van der Waals surface area contributed by atoms with Crippen molar-refractivity contribution in [3.63, 3.8) is 0 Å². The van der Waals surface area contributed by atoms with Gasteiger partial charge in [0.25, 0.3) is 0 Å². The maximum absolute atomic E-state index is 6.12. The first-order valence-electron chi connectivity index (χ1n) is 10.6. The lowest BCUT2D eigenvalue weighted by Crippen LogP contribution is -2.47. The van der Waals surface area contributed by atoms with Crippen molar-refractivity contribution in [3.05, 3.63) is 66.4 Å². The molecule has 2 N–H and O–H groups in total. The average molecular weight is 518 g/mol. The largest absolute Gasteiger partial charge is 0.490 e. The minimum absolute atomic E-state index is 0. The normalized spacial score (nSPS) is 15.1. The Kier molecular flexibility index (Phi) is 8.42. The highest BCUT2D eigenvalue weighted by Crippen LogP contribution is 2.19. The van der Waals surface area contributed by atoms with Crippen molar-refractivity contribution >= 4 is 40.8 Å². The molecule has 3 aromatic rings. The van der Waals surface area contributed by atoms with Crippen LogP contribution in [0.4, 0.5) is 0 Å². The summed E-state index contributed by atoms with van der Waals surface area (Å²) in [6, 6.07) is 20.7. The molecule has 0 saturated carbocycles. The summed E-state index contributed by atoms with van der Waals surface area (Å²) in [5.41, 5.74) is 2.43. The molecule has 1 aromatic heterocycles. The van der Waals surface area contributed by atoms with E-state index in [2.05, 4.69) is 52.5 Å². The number of hydrogen-bond donors (Lipinski definition) is 2. The van der Waals surface area contributed by atoms with Crippen LogP contribution in [0.15, 0.2) is 65.7 Å². The van der Waals surface area contributed by atoms with Crippen molar-refractivity contribution in [2.75, 3.05) is 26.2 Å². The van der Waals surface area contributed by atoms with Crippen LogP contribution in [0.2, 0.25) is 0 Å². The van der Waals surface area contributed by atoms with Gasteiger partial charge in [-0.3, -0.25) is 4.99 Å². The second kappa shape index (κ2) is 11.2. The first-order valence-corrected chi connectivity index (χ1v) is 10.6. The topological polar surface area (TPSA) is 52.7 Å². The fourth-order valence-electron chi connectivity index (χ4n) is 3.85. The Labute approximate surface area is 195 Å². The van der Waals surface area contributed by atoms with Crippen LogP contribution in [0, 0.1) is 0 Å². The maximum atomic E-state index is 6.12. The molecule has 30 heavy (non-hydrogen) atoms. The van der Waals surface area contributed by atoms with Crippen LogP contribution in [0.5, 0.6) is 5.75 Å². The quantitative estimate of drug-likeness (QED) is 0.279. The molecular formula is C24H31IN4O. The molecule has 0 atom stereocenters. The third-order valence-electron chi connectivity index (χ3n) is 5.35. The number of nitrogens with one attached hydrogen (secondary N) is 2. The van der Waals surface area contributed by atoms with Gasteiger partial charge in [0.05, 0.1) is 0 Å². The van der Waals surface area contributed by atoms with Gasteiger partial charge in [-0.2, -0.15) is 0 Å². The Balaban J connectivity index is 0.00000256. The Morgan fingerprint density at radius 3 is 2.57 bits per heavy atom. The lowest BCUT2D eigenvalue weighted by molar-refractivity contribution is 0.129. The molecular weight excluding hydrogens is 487 g/mol. The monoisotopic (exact) mass is 518 g/mol. The number of aromatic nitrogens is 1. The summed E-state index contributed by atoms with van der Waals surface area (Å²) in [5.74, 6) is 1.98. The zero-order valence-electron chi connectivity index (χ0n) is 17.5. The number of nitrogens with zero attached hydrogens (tertiary/aromatic N) is 2. The van der Waals surface area contributed by atoms with E-state index in [1.807, 2.05) is 30.3 Å². The molecule has 0 spiro atoms. The number of rotatable bonds is 6. The molecule has 0 unspecified atom stereocenters. The van der Waals surface area contributed by atoms with Crippen LogP contribution in [0.1, 0.15) is 25.5 Å². The van der Waals surface area contributed by atoms with E-state index < -0.39 is 0 Å². The van der Waals surface area contributed by atoms with Crippen LogP contribution >= 0.6 is 24.0 Å². The second-order valence-corrected chi connectivity index (χ2v) is 7.48. The minimum atomic E-state index is 0. The smallest absolute Gasteiger partial charge is 0.193 e. The van der Waals surface area contributed by atoms with Crippen molar-refractivity contribution < 1.29 is 4.74 Å². The van der Waals surface area contributed by atoms with E-state index in [0.29, 0.717) is 0 Å². The van der Waals surface area contributed by atoms with Crippen LogP contribution in [0.25, 0.3) is 10.9 Å². The first kappa shape index (κ1) is 22.5. The summed E-state index contributed by atoms with van der Waals surface area (Å²) < 4.78 is 6.12. The number of fused-ring (bicyclic) bond motifs is 1. The van der Waals surface area contributed by atoms with E-state index in [1.54, 1.807) is 0 Å². The Morgan fingerprint density at radius 1 is 1.10 bits per heavy atom. The van der Waals surface area contributed by atoms with Gasteiger partial charge in [0.2, 0.25) is 0 Å². The van der Waals surface area contributed by atoms with Crippen LogP contribution < -0.4 is 10.1 Å². The Hall–Kier alpha value is -2.22. The van der Waals surface area contributed by atoms with E-state index in [0.717, 1.165) is 57.2 Å². The Morgan fingerprint density at radius 2 is 1.83 bits per heavy atom. The molecule has 2 aromatic carbocycles.